The van der Waals surface area contributed by atoms with Gasteiger partial charge in [-0.15, -0.1) is 22.7 Å². The zero-order valence-electron chi connectivity index (χ0n) is 14.1. The number of aromatic nitrogens is 1. The monoisotopic (exact) mass is 402 g/mol. The molecule has 0 unspecified atom stereocenters. The lowest BCUT2D eigenvalue weighted by Crippen LogP contribution is -2.29. The average molecular weight is 403 g/mol. The lowest BCUT2D eigenvalue weighted by atomic mass is 10.1. The number of hydrogen-bond donors (Lipinski definition) is 1. The number of thiophene rings is 2. The maximum atomic E-state index is 12.0. The molecule has 0 aromatic carbocycles. The molecule has 0 atom stereocenters. The van der Waals surface area contributed by atoms with Crippen molar-refractivity contribution in [3.63, 3.8) is 0 Å². The van der Waals surface area contributed by atoms with Crippen molar-refractivity contribution in [2.45, 2.75) is 19.3 Å². The van der Waals surface area contributed by atoms with Crippen LogP contribution in [0.4, 0.5) is 5.13 Å². The van der Waals surface area contributed by atoms with Crippen LogP contribution in [0.15, 0.2) is 40.1 Å². The first kappa shape index (κ1) is 17.4. The Kier molecular flexibility index (Phi) is 5.42. The minimum absolute atomic E-state index is 0.185. The van der Waals surface area contributed by atoms with Crippen LogP contribution in [0.5, 0.6) is 0 Å². The van der Waals surface area contributed by atoms with Crippen molar-refractivity contribution < 1.29 is 4.79 Å². The number of hydrogen-bond acceptors (Lipinski definition) is 7. The van der Waals surface area contributed by atoms with Gasteiger partial charge in [0, 0.05) is 13.1 Å². The molecule has 4 heterocycles. The second-order valence-corrected chi connectivity index (χ2v) is 8.82. The Hall–Kier alpha value is -2.03. The molecular weight excluding hydrogens is 384 g/mol. The van der Waals surface area contributed by atoms with E-state index < -0.39 is 0 Å². The van der Waals surface area contributed by atoms with Crippen LogP contribution in [0.25, 0.3) is 10.6 Å². The number of nitrogens with one attached hydrogen (secondary N) is 1. The first-order valence-electron chi connectivity index (χ1n) is 8.48. The number of thiazole rings is 1. The highest BCUT2D eigenvalue weighted by atomic mass is 32.1. The Balaban J connectivity index is 1.56. The number of nitrogens with zero attached hydrogens (tertiary/aromatic N) is 3. The molecule has 3 aromatic heterocycles. The van der Waals surface area contributed by atoms with Gasteiger partial charge in [0.1, 0.15) is 5.69 Å². The van der Waals surface area contributed by atoms with Gasteiger partial charge in [-0.2, -0.15) is 5.10 Å². The SMILES string of the molecule is O=C(N/N=C\c1sc(N2CCCCC2)nc1-c1cccs1)c1cccs1. The van der Waals surface area contributed by atoms with Crippen LogP contribution < -0.4 is 10.3 Å². The summed E-state index contributed by atoms with van der Waals surface area (Å²) < 4.78 is 0. The van der Waals surface area contributed by atoms with Crippen LogP contribution in [-0.2, 0) is 0 Å². The number of carbonyl (C=O) groups is 1. The smallest absolute Gasteiger partial charge is 0.281 e. The number of piperidine rings is 1. The molecule has 4 rings (SSSR count). The van der Waals surface area contributed by atoms with Crippen molar-refractivity contribution in [3.05, 3.63) is 44.8 Å². The van der Waals surface area contributed by atoms with E-state index in [0.717, 1.165) is 33.7 Å². The minimum atomic E-state index is -0.185. The summed E-state index contributed by atoms with van der Waals surface area (Å²) in [5.74, 6) is -0.185. The molecule has 1 N–H and O–H groups in total. The number of rotatable bonds is 5. The summed E-state index contributed by atoms with van der Waals surface area (Å²) in [6, 6.07) is 7.74. The highest BCUT2D eigenvalue weighted by molar-refractivity contribution is 7.18. The predicted molar refractivity (Wildman–Crippen MR) is 111 cm³/mol. The molecule has 0 aliphatic carbocycles. The summed E-state index contributed by atoms with van der Waals surface area (Å²) in [5, 5.41) is 9.13. The Labute approximate surface area is 164 Å². The summed E-state index contributed by atoms with van der Waals surface area (Å²) in [5.41, 5.74) is 3.55. The molecule has 0 spiro atoms. The van der Waals surface area contributed by atoms with Crippen molar-refractivity contribution in [1.82, 2.24) is 10.4 Å². The Morgan fingerprint density at radius 3 is 2.69 bits per heavy atom. The highest BCUT2D eigenvalue weighted by Crippen LogP contribution is 2.35. The fourth-order valence-corrected chi connectivity index (χ4v) is 5.24. The molecule has 1 aliphatic rings. The molecule has 1 aliphatic heterocycles. The lowest BCUT2D eigenvalue weighted by molar-refractivity contribution is 0.0959. The molecule has 134 valence electrons. The zero-order chi connectivity index (χ0) is 17.8. The van der Waals surface area contributed by atoms with Gasteiger partial charge >= 0.3 is 0 Å². The fourth-order valence-electron chi connectivity index (χ4n) is 2.83. The normalized spacial score (nSPS) is 14.8. The van der Waals surface area contributed by atoms with E-state index in [-0.39, 0.29) is 5.91 Å². The largest absolute Gasteiger partial charge is 0.348 e. The quantitative estimate of drug-likeness (QED) is 0.498. The topological polar surface area (TPSA) is 57.6 Å². The zero-order valence-corrected chi connectivity index (χ0v) is 16.5. The van der Waals surface area contributed by atoms with Gasteiger partial charge in [0.15, 0.2) is 5.13 Å². The number of hydrazone groups is 1. The first-order valence-corrected chi connectivity index (χ1v) is 11.1. The van der Waals surface area contributed by atoms with Crippen molar-refractivity contribution in [3.8, 4) is 10.6 Å². The molecule has 1 saturated heterocycles. The Morgan fingerprint density at radius 1 is 1.15 bits per heavy atom. The minimum Gasteiger partial charge on any atom is -0.348 e. The third kappa shape index (κ3) is 3.87. The van der Waals surface area contributed by atoms with Gasteiger partial charge in [0.2, 0.25) is 0 Å². The maximum Gasteiger partial charge on any atom is 0.281 e. The van der Waals surface area contributed by atoms with E-state index in [0.29, 0.717) is 4.88 Å². The lowest BCUT2D eigenvalue weighted by Gasteiger charge is -2.25. The molecular formula is C18H18N4OS3. The predicted octanol–water partition coefficient (Wildman–Crippen LogP) is 4.69. The summed E-state index contributed by atoms with van der Waals surface area (Å²) in [7, 11) is 0. The van der Waals surface area contributed by atoms with E-state index in [4.69, 9.17) is 4.98 Å². The van der Waals surface area contributed by atoms with Crippen LogP contribution in [0.2, 0.25) is 0 Å². The molecule has 0 saturated carbocycles. The van der Waals surface area contributed by atoms with Crippen LogP contribution >= 0.6 is 34.0 Å². The van der Waals surface area contributed by atoms with E-state index in [2.05, 4.69) is 26.9 Å². The molecule has 0 radical (unpaired) electrons. The average Bonchev–Trinajstić information content (AvgIpc) is 3.42. The summed E-state index contributed by atoms with van der Waals surface area (Å²) >= 11 is 4.70. The number of carbonyl (C=O) groups excluding carboxylic acids is 1. The second-order valence-electron chi connectivity index (χ2n) is 5.91. The van der Waals surface area contributed by atoms with Crippen molar-refractivity contribution in [1.29, 1.82) is 0 Å². The Morgan fingerprint density at radius 2 is 1.96 bits per heavy atom. The summed E-state index contributed by atoms with van der Waals surface area (Å²) in [6.45, 7) is 2.12. The standard InChI is InChI=1S/C18H18N4OS3/c23-17(14-7-5-11-25-14)21-19-12-15-16(13-6-4-10-24-13)20-18(26-15)22-8-2-1-3-9-22/h4-7,10-12H,1-3,8-9H2,(H,21,23)/b19-12-. The second kappa shape index (κ2) is 8.11. The fraction of sp³-hybridized carbons (Fsp3) is 0.278. The molecule has 26 heavy (non-hydrogen) atoms. The van der Waals surface area contributed by atoms with Gasteiger partial charge in [0.25, 0.3) is 5.91 Å². The van der Waals surface area contributed by atoms with Crippen molar-refractivity contribution in [2.24, 2.45) is 5.10 Å². The molecule has 8 heteroatoms. The van der Waals surface area contributed by atoms with Gasteiger partial charge in [-0.3, -0.25) is 4.79 Å². The molecule has 3 aromatic rings. The van der Waals surface area contributed by atoms with Crippen LogP contribution in [0.3, 0.4) is 0 Å². The maximum absolute atomic E-state index is 12.0. The number of amides is 1. The van der Waals surface area contributed by atoms with Gasteiger partial charge < -0.3 is 4.90 Å². The van der Waals surface area contributed by atoms with Crippen LogP contribution in [-0.4, -0.2) is 30.2 Å². The summed E-state index contributed by atoms with van der Waals surface area (Å²) in [6.07, 6.45) is 5.44. The van der Waals surface area contributed by atoms with Gasteiger partial charge in [-0.25, -0.2) is 10.4 Å². The van der Waals surface area contributed by atoms with Crippen molar-refractivity contribution >= 4 is 51.3 Å². The molecule has 0 bridgehead atoms. The van der Waals surface area contributed by atoms with E-state index >= 15 is 0 Å². The molecule has 1 fully saturated rings. The van der Waals surface area contributed by atoms with E-state index in [1.54, 1.807) is 35.0 Å². The van der Waals surface area contributed by atoms with Gasteiger partial charge in [-0.05, 0) is 42.2 Å². The molecule has 1 amide bonds. The number of anilines is 1. The van der Waals surface area contributed by atoms with Crippen LogP contribution in [0, 0.1) is 0 Å². The third-order valence-corrected chi connectivity index (χ3v) is 6.91. The van der Waals surface area contributed by atoms with E-state index in [1.807, 2.05) is 17.5 Å². The van der Waals surface area contributed by atoms with Crippen LogP contribution in [0.1, 0.15) is 33.8 Å². The Bertz CT molecular complexity index is 878. The summed E-state index contributed by atoms with van der Waals surface area (Å²) in [4.78, 5) is 22.0. The molecule has 5 nitrogen and oxygen atoms in total. The van der Waals surface area contributed by atoms with E-state index in [9.17, 15) is 4.79 Å². The van der Waals surface area contributed by atoms with E-state index in [1.165, 1.54) is 30.6 Å². The highest BCUT2D eigenvalue weighted by Gasteiger charge is 2.19. The van der Waals surface area contributed by atoms with Gasteiger partial charge in [-0.1, -0.05) is 23.5 Å². The van der Waals surface area contributed by atoms with Gasteiger partial charge in [0.05, 0.1) is 20.8 Å². The third-order valence-electron chi connectivity index (χ3n) is 4.12. The van der Waals surface area contributed by atoms with Crippen molar-refractivity contribution in [2.75, 3.05) is 18.0 Å². The first-order chi connectivity index (χ1) is 12.8.